The van der Waals surface area contributed by atoms with Crippen molar-refractivity contribution >= 4 is 0 Å². The Morgan fingerprint density at radius 2 is 2.06 bits per heavy atom. The van der Waals surface area contributed by atoms with E-state index >= 15 is 0 Å². The fraction of sp³-hybridized carbons (Fsp3) is 1.00. The second-order valence-electron chi connectivity index (χ2n) is 5.71. The molecule has 3 nitrogen and oxygen atoms in total. The number of ether oxygens (including phenoxy) is 1. The molecule has 1 saturated carbocycles. The molecule has 0 bridgehead atoms. The van der Waals surface area contributed by atoms with E-state index in [1.807, 2.05) is 0 Å². The minimum absolute atomic E-state index is 0.328. The smallest absolute Gasteiger partial charge is 0.0667 e. The van der Waals surface area contributed by atoms with Crippen LogP contribution in [0.2, 0.25) is 0 Å². The Morgan fingerprint density at radius 3 is 2.76 bits per heavy atom. The van der Waals surface area contributed by atoms with Gasteiger partial charge in [0.25, 0.3) is 0 Å². The monoisotopic (exact) mass is 240 g/mol. The van der Waals surface area contributed by atoms with Crippen LogP contribution < -0.4 is 10.6 Å². The molecular weight excluding hydrogens is 212 g/mol. The molecule has 2 fully saturated rings. The van der Waals surface area contributed by atoms with Gasteiger partial charge in [-0.05, 0) is 45.1 Å². The molecule has 0 aromatic heterocycles. The standard InChI is InChI=1S/C14H28N2O/c1-11(17-2)10-16-14-7-4-3-6-12(14)13-8-5-9-15-13/h11-16H,3-10H2,1-2H3. The van der Waals surface area contributed by atoms with E-state index in [0.29, 0.717) is 12.1 Å². The zero-order valence-electron chi connectivity index (χ0n) is 11.4. The van der Waals surface area contributed by atoms with Gasteiger partial charge < -0.3 is 15.4 Å². The van der Waals surface area contributed by atoms with Crippen molar-refractivity contribution in [3.05, 3.63) is 0 Å². The van der Waals surface area contributed by atoms with E-state index in [0.717, 1.165) is 18.5 Å². The van der Waals surface area contributed by atoms with Crippen LogP contribution in [-0.4, -0.2) is 38.4 Å². The first kappa shape index (κ1) is 13.3. The third-order valence-corrected chi connectivity index (χ3v) is 4.50. The fourth-order valence-electron chi connectivity index (χ4n) is 3.37. The van der Waals surface area contributed by atoms with E-state index in [1.54, 1.807) is 7.11 Å². The van der Waals surface area contributed by atoms with Crippen LogP contribution in [0, 0.1) is 5.92 Å². The van der Waals surface area contributed by atoms with Gasteiger partial charge >= 0.3 is 0 Å². The van der Waals surface area contributed by atoms with Crippen LogP contribution in [-0.2, 0) is 4.74 Å². The van der Waals surface area contributed by atoms with Gasteiger partial charge in [-0.3, -0.25) is 0 Å². The molecule has 2 aliphatic rings. The average molecular weight is 240 g/mol. The van der Waals surface area contributed by atoms with Gasteiger partial charge in [-0.1, -0.05) is 12.8 Å². The molecule has 0 radical (unpaired) electrons. The molecule has 4 unspecified atom stereocenters. The summed E-state index contributed by atoms with van der Waals surface area (Å²) >= 11 is 0. The lowest BCUT2D eigenvalue weighted by Crippen LogP contribution is -2.48. The first-order chi connectivity index (χ1) is 8.31. The second-order valence-corrected chi connectivity index (χ2v) is 5.71. The van der Waals surface area contributed by atoms with E-state index in [1.165, 1.54) is 45.1 Å². The number of hydrogen-bond donors (Lipinski definition) is 2. The largest absolute Gasteiger partial charge is 0.380 e. The van der Waals surface area contributed by atoms with Gasteiger partial charge in [0, 0.05) is 25.7 Å². The summed E-state index contributed by atoms with van der Waals surface area (Å²) in [6.45, 7) is 4.35. The lowest BCUT2D eigenvalue weighted by Gasteiger charge is -2.36. The van der Waals surface area contributed by atoms with Crippen LogP contribution in [0.5, 0.6) is 0 Å². The van der Waals surface area contributed by atoms with Crippen molar-refractivity contribution in [1.82, 2.24) is 10.6 Å². The van der Waals surface area contributed by atoms with Crippen molar-refractivity contribution in [3.8, 4) is 0 Å². The summed E-state index contributed by atoms with van der Waals surface area (Å²) in [4.78, 5) is 0. The summed E-state index contributed by atoms with van der Waals surface area (Å²) in [6.07, 6.45) is 8.62. The van der Waals surface area contributed by atoms with E-state index in [-0.39, 0.29) is 0 Å². The van der Waals surface area contributed by atoms with Crippen LogP contribution in [0.25, 0.3) is 0 Å². The van der Waals surface area contributed by atoms with Crippen LogP contribution in [0.1, 0.15) is 45.4 Å². The van der Waals surface area contributed by atoms with Crippen LogP contribution in [0.4, 0.5) is 0 Å². The zero-order chi connectivity index (χ0) is 12.1. The predicted octanol–water partition coefficient (Wildman–Crippen LogP) is 1.92. The van der Waals surface area contributed by atoms with Crippen molar-refractivity contribution < 1.29 is 4.74 Å². The first-order valence-electron chi connectivity index (χ1n) is 7.31. The molecule has 2 rings (SSSR count). The van der Waals surface area contributed by atoms with Gasteiger partial charge in [0.05, 0.1) is 6.10 Å². The zero-order valence-corrected chi connectivity index (χ0v) is 11.4. The normalized spacial score (nSPS) is 36.0. The Hall–Kier alpha value is -0.120. The minimum Gasteiger partial charge on any atom is -0.380 e. The van der Waals surface area contributed by atoms with Crippen LogP contribution >= 0.6 is 0 Å². The predicted molar refractivity (Wildman–Crippen MR) is 71.2 cm³/mol. The summed E-state index contributed by atoms with van der Waals surface area (Å²) in [6, 6.07) is 1.47. The highest BCUT2D eigenvalue weighted by molar-refractivity contribution is 4.91. The Kier molecular flexibility index (Phi) is 5.26. The maximum Gasteiger partial charge on any atom is 0.0667 e. The van der Waals surface area contributed by atoms with E-state index in [9.17, 15) is 0 Å². The van der Waals surface area contributed by atoms with Crippen LogP contribution in [0.15, 0.2) is 0 Å². The highest BCUT2D eigenvalue weighted by Gasteiger charge is 2.32. The topological polar surface area (TPSA) is 33.3 Å². The summed E-state index contributed by atoms with van der Waals surface area (Å²) < 4.78 is 5.32. The Balaban J connectivity index is 1.83. The van der Waals surface area contributed by atoms with Gasteiger partial charge in [-0.25, -0.2) is 0 Å². The van der Waals surface area contributed by atoms with Crippen molar-refractivity contribution in [1.29, 1.82) is 0 Å². The maximum absolute atomic E-state index is 5.32. The fourth-order valence-corrected chi connectivity index (χ4v) is 3.37. The maximum atomic E-state index is 5.32. The summed E-state index contributed by atoms with van der Waals surface area (Å²) in [5.74, 6) is 0.843. The second kappa shape index (κ2) is 6.72. The van der Waals surface area contributed by atoms with Gasteiger partial charge in [0.15, 0.2) is 0 Å². The molecule has 1 heterocycles. The van der Waals surface area contributed by atoms with Crippen LogP contribution in [0.3, 0.4) is 0 Å². The van der Waals surface area contributed by atoms with Gasteiger partial charge in [0.1, 0.15) is 0 Å². The van der Waals surface area contributed by atoms with Crippen molar-refractivity contribution in [2.45, 2.75) is 63.6 Å². The van der Waals surface area contributed by atoms with Gasteiger partial charge in [-0.15, -0.1) is 0 Å². The third-order valence-electron chi connectivity index (χ3n) is 4.50. The molecule has 0 aromatic rings. The van der Waals surface area contributed by atoms with E-state index in [4.69, 9.17) is 4.74 Å². The SMILES string of the molecule is COC(C)CNC1CCCCC1C1CCCN1. The summed E-state index contributed by atoms with van der Waals surface area (Å²) in [7, 11) is 1.79. The van der Waals surface area contributed by atoms with Crippen molar-refractivity contribution in [2.24, 2.45) is 5.92 Å². The Labute approximate surface area is 106 Å². The Bertz CT molecular complexity index is 216. The highest BCUT2D eigenvalue weighted by atomic mass is 16.5. The summed E-state index contributed by atoms with van der Waals surface area (Å²) in [5.41, 5.74) is 0. The van der Waals surface area contributed by atoms with Crippen molar-refractivity contribution in [3.63, 3.8) is 0 Å². The van der Waals surface area contributed by atoms with Gasteiger partial charge in [-0.2, -0.15) is 0 Å². The molecule has 4 atom stereocenters. The number of hydrogen-bond acceptors (Lipinski definition) is 3. The molecule has 1 aliphatic heterocycles. The molecule has 2 N–H and O–H groups in total. The number of methoxy groups -OCH3 is 1. The number of rotatable bonds is 5. The molecule has 0 spiro atoms. The van der Waals surface area contributed by atoms with E-state index < -0.39 is 0 Å². The van der Waals surface area contributed by atoms with Gasteiger partial charge in [0.2, 0.25) is 0 Å². The molecule has 1 saturated heterocycles. The third kappa shape index (κ3) is 3.67. The Morgan fingerprint density at radius 1 is 1.24 bits per heavy atom. The average Bonchev–Trinajstić information content (AvgIpc) is 2.90. The summed E-state index contributed by atoms with van der Waals surface area (Å²) in [5, 5.41) is 7.42. The molecule has 1 aliphatic carbocycles. The lowest BCUT2D eigenvalue weighted by atomic mass is 9.79. The molecule has 100 valence electrons. The first-order valence-corrected chi connectivity index (χ1v) is 7.31. The lowest BCUT2D eigenvalue weighted by molar-refractivity contribution is 0.105. The quantitative estimate of drug-likeness (QED) is 0.770. The molecule has 3 heteroatoms. The van der Waals surface area contributed by atoms with E-state index in [2.05, 4.69) is 17.6 Å². The molecular formula is C14H28N2O. The molecule has 0 amide bonds. The van der Waals surface area contributed by atoms with Crippen molar-refractivity contribution in [2.75, 3.05) is 20.2 Å². The number of nitrogens with one attached hydrogen (secondary N) is 2. The minimum atomic E-state index is 0.328. The molecule has 17 heavy (non-hydrogen) atoms. The molecule has 0 aromatic carbocycles. The highest BCUT2D eigenvalue weighted by Crippen LogP contribution is 2.30.